The van der Waals surface area contributed by atoms with Gasteiger partial charge in [-0.3, -0.25) is 14.4 Å². The molecule has 1 atom stereocenters. The number of hydrogen-bond acceptors (Lipinski definition) is 6. The van der Waals surface area contributed by atoms with E-state index in [-0.39, 0.29) is 31.1 Å². The van der Waals surface area contributed by atoms with E-state index in [9.17, 15) is 14.4 Å². The van der Waals surface area contributed by atoms with Crippen LogP contribution in [0.3, 0.4) is 0 Å². The van der Waals surface area contributed by atoms with Gasteiger partial charge in [-0.05, 0) is 31.1 Å². The number of rotatable bonds is 30. The molecule has 0 bridgehead atoms. The quantitative estimate of drug-likeness (QED) is 0.0466. The summed E-state index contributed by atoms with van der Waals surface area (Å²) in [4.78, 5) is 37.0. The lowest BCUT2D eigenvalue weighted by molar-refractivity contribution is -0.167. The fourth-order valence-corrected chi connectivity index (χ4v) is 4.98. The van der Waals surface area contributed by atoms with Crippen molar-refractivity contribution in [1.29, 1.82) is 0 Å². The van der Waals surface area contributed by atoms with Gasteiger partial charge in [0.2, 0.25) is 0 Å². The zero-order chi connectivity index (χ0) is 31.3. The smallest absolute Gasteiger partial charge is 0.306 e. The fraction of sp³-hybridized carbons (Fsp3) is 0.917. The van der Waals surface area contributed by atoms with Gasteiger partial charge < -0.3 is 14.2 Å². The third-order valence-corrected chi connectivity index (χ3v) is 7.72. The van der Waals surface area contributed by atoms with Crippen molar-refractivity contribution < 1.29 is 28.6 Å². The molecule has 0 heterocycles. The normalized spacial score (nSPS) is 12.1. The first-order valence-corrected chi connectivity index (χ1v) is 17.7. The van der Waals surface area contributed by atoms with Crippen LogP contribution < -0.4 is 0 Å². The minimum atomic E-state index is -0.757. The summed E-state index contributed by atoms with van der Waals surface area (Å²) in [6.07, 6.45) is 22.8. The van der Waals surface area contributed by atoms with Gasteiger partial charge >= 0.3 is 17.9 Å². The molecule has 6 nitrogen and oxygen atoms in total. The number of unbranched alkanes of at least 4 members (excludes halogenated alkanes) is 15. The van der Waals surface area contributed by atoms with Gasteiger partial charge in [0.25, 0.3) is 0 Å². The molecule has 0 aromatic heterocycles. The van der Waals surface area contributed by atoms with Crippen LogP contribution in [0.4, 0.5) is 0 Å². The van der Waals surface area contributed by atoms with Crippen molar-refractivity contribution in [2.45, 2.75) is 188 Å². The second kappa shape index (κ2) is 29.5. The molecule has 0 aromatic rings. The monoisotopic (exact) mass is 597 g/mol. The zero-order valence-corrected chi connectivity index (χ0v) is 28.4. The first-order chi connectivity index (χ1) is 20.2. The highest BCUT2D eigenvalue weighted by atomic mass is 16.6. The molecule has 0 saturated carbocycles. The molecule has 0 unspecified atom stereocenters. The summed E-state index contributed by atoms with van der Waals surface area (Å²) in [6.45, 7) is 11.1. The van der Waals surface area contributed by atoms with E-state index in [0.29, 0.717) is 19.3 Å². The first-order valence-electron chi connectivity index (χ1n) is 17.7. The lowest BCUT2D eigenvalue weighted by atomic mass is 10.0. The third-order valence-electron chi connectivity index (χ3n) is 7.72. The van der Waals surface area contributed by atoms with Crippen LogP contribution in [-0.4, -0.2) is 37.2 Å². The number of hydrogen-bond donors (Lipinski definition) is 0. The van der Waals surface area contributed by atoms with Crippen LogP contribution in [0.1, 0.15) is 182 Å². The molecule has 0 amide bonds. The summed E-state index contributed by atoms with van der Waals surface area (Å²) in [5.74, 6) is 0.652. The van der Waals surface area contributed by atoms with E-state index >= 15 is 0 Å². The van der Waals surface area contributed by atoms with Crippen molar-refractivity contribution in [1.82, 2.24) is 0 Å². The zero-order valence-electron chi connectivity index (χ0n) is 28.4. The molecule has 0 aliphatic carbocycles. The topological polar surface area (TPSA) is 78.9 Å². The molecule has 0 rings (SSSR count). The van der Waals surface area contributed by atoms with Crippen molar-refractivity contribution in [3.8, 4) is 0 Å². The maximum atomic E-state index is 12.4. The maximum Gasteiger partial charge on any atom is 0.306 e. The molecule has 0 aromatic carbocycles. The van der Waals surface area contributed by atoms with Crippen molar-refractivity contribution in [2.75, 3.05) is 13.2 Å². The molecule has 0 spiro atoms. The molecule has 0 saturated heterocycles. The molecular formula is C36H68O6. The van der Waals surface area contributed by atoms with E-state index in [2.05, 4.69) is 34.6 Å². The Kier molecular flexibility index (Phi) is 28.4. The van der Waals surface area contributed by atoms with Gasteiger partial charge in [0, 0.05) is 19.3 Å². The van der Waals surface area contributed by atoms with Crippen molar-refractivity contribution in [3.05, 3.63) is 0 Å². The van der Waals surface area contributed by atoms with E-state index in [1.807, 2.05) is 0 Å². The summed E-state index contributed by atoms with van der Waals surface area (Å²) in [5, 5.41) is 0. The van der Waals surface area contributed by atoms with Gasteiger partial charge in [0.15, 0.2) is 6.10 Å². The van der Waals surface area contributed by atoms with E-state index in [1.54, 1.807) is 0 Å². The maximum absolute atomic E-state index is 12.4. The van der Waals surface area contributed by atoms with Crippen LogP contribution in [0.25, 0.3) is 0 Å². The first kappa shape index (κ1) is 40.4. The van der Waals surface area contributed by atoms with Crippen LogP contribution in [-0.2, 0) is 28.6 Å². The Hall–Kier alpha value is -1.59. The third kappa shape index (κ3) is 29.9. The second-order valence-electron chi connectivity index (χ2n) is 13.1. The molecule has 0 aliphatic heterocycles. The number of carbonyl (C=O) groups excluding carboxylic acids is 3. The SMILES string of the molecule is CCCCCCCC(=O)O[C@@H](COC(=O)CCCCCCCCCC(C)C)COC(=O)CCCCCCCCC(C)C. The second-order valence-corrected chi connectivity index (χ2v) is 13.1. The molecule has 248 valence electrons. The minimum absolute atomic E-state index is 0.0695. The average Bonchev–Trinajstić information content (AvgIpc) is 2.94. The largest absolute Gasteiger partial charge is 0.462 e. The Morgan fingerprint density at radius 2 is 0.786 bits per heavy atom. The van der Waals surface area contributed by atoms with Gasteiger partial charge in [-0.2, -0.15) is 0 Å². The molecule has 0 radical (unpaired) electrons. The lowest BCUT2D eigenvalue weighted by Gasteiger charge is -2.18. The lowest BCUT2D eigenvalue weighted by Crippen LogP contribution is -2.30. The predicted octanol–water partition coefficient (Wildman–Crippen LogP) is 10.3. The van der Waals surface area contributed by atoms with Crippen molar-refractivity contribution in [2.24, 2.45) is 11.8 Å². The molecule has 6 heteroatoms. The standard InChI is InChI=1S/C36H68O6/c1-6-7-8-14-23-28-36(39)42-33(30-41-35(38)27-22-18-13-12-16-20-25-32(4)5)29-40-34(37)26-21-17-11-9-10-15-19-24-31(2)3/h31-33H,6-30H2,1-5H3/t33-/m0/s1. The number of carbonyl (C=O) groups is 3. The van der Waals surface area contributed by atoms with E-state index in [4.69, 9.17) is 14.2 Å². The summed E-state index contributed by atoms with van der Waals surface area (Å²) in [5.41, 5.74) is 0. The summed E-state index contributed by atoms with van der Waals surface area (Å²) in [6, 6.07) is 0. The fourth-order valence-electron chi connectivity index (χ4n) is 4.98. The molecule has 0 aliphatic rings. The predicted molar refractivity (Wildman–Crippen MR) is 173 cm³/mol. The van der Waals surface area contributed by atoms with Crippen molar-refractivity contribution in [3.63, 3.8) is 0 Å². The Bertz CT molecular complexity index is 645. The van der Waals surface area contributed by atoms with Gasteiger partial charge in [0.05, 0.1) is 0 Å². The molecule has 0 N–H and O–H groups in total. The number of esters is 3. The molecule has 0 fully saturated rings. The average molecular weight is 597 g/mol. The van der Waals surface area contributed by atoms with Crippen LogP contribution in [0.15, 0.2) is 0 Å². The van der Waals surface area contributed by atoms with Gasteiger partial charge in [-0.1, -0.05) is 144 Å². The van der Waals surface area contributed by atoms with Crippen LogP contribution in [0, 0.1) is 11.8 Å². The van der Waals surface area contributed by atoms with Crippen LogP contribution in [0.5, 0.6) is 0 Å². The molecular weight excluding hydrogens is 528 g/mol. The van der Waals surface area contributed by atoms with Gasteiger partial charge in [0.1, 0.15) is 13.2 Å². The summed E-state index contributed by atoms with van der Waals surface area (Å²) in [7, 11) is 0. The van der Waals surface area contributed by atoms with Gasteiger partial charge in [-0.25, -0.2) is 0 Å². The minimum Gasteiger partial charge on any atom is -0.462 e. The van der Waals surface area contributed by atoms with Crippen LogP contribution in [0.2, 0.25) is 0 Å². The van der Waals surface area contributed by atoms with Crippen LogP contribution >= 0.6 is 0 Å². The van der Waals surface area contributed by atoms with Gasteiger partial charge in [-0.15, -0.1) is 0 Å². The molecule has 42 heavy (non-hydrogen) atoms. The highest BCUT2D eigenvalue weighted by Gasteiger charge is 2.19. The number of ether oxygens (including phenoxy) is 3. The Morgan fingerprint density at radius 1 is 0.452 bits per heavy atom. The summed E-state index contributed by atoms with van der Waals surface area (Å²) < 4.78 is 16.4. The Labute approximate surface area is 259 Å². The Morgan fingerprint density at radius 3 is 1.17 bits per heavy atom. The highest BCUT2D eigenvalue weighted by Crippen LogP contribution is 2.14. The van der Waals surface area contributed by atoms with E-state index in [0.717, 1.165) is 76.0 Å². The highest BCUT2D eigenvalue weighted by molar-refractivity contribution is 5.71. The Balaban J connectivity index is 4.29. The summed E-state index contributed by atoms with van der Waals surface area (Å²) >= 11 is 0. The van der Waals surface area contributed by atoms with Crippen molar-refractivity contribution >= 4 is 17.9 Å². The van der Waals surface area contributed by atoms with E-state index in [1.165, 1.54) is 64.2 Å². The van der Waals surface area contributed by atoms with E-state index < -0.39 is 6.10 Å².